The number of urea groups is 1. The van der Waals surface area contributed by atoms with E-state index < -0.39 is 12.1 Å². The van der Waals surface area contributed by atoms with Gasteiger partial charge >= 0.3 is 6.03 Å². The summed E-state index contributed by atoms with van der Waals surface area (Å²) in [5.41, 5.74) is 5.16. The topological polar surface area (TPSA) is 125 Å². The fourth-order valence-corrected chi connectivity index (χ4v) is 2.50. The fraction of sp³-hybridized carbons (Fsp3) is 0.833. The second-order valence-corrected chi connectivity index (χ2v) is 8.11. The standard InChI is InChI=1S/C18H37N5O3/c1-12(2)14(20-6)16(25)23-13(8-7-10-22-17(19)26)15(24)21-11-9-18(3,4)5/h12-14,20H,7-11H2,1-6H3,(H,21,24)(H,23,25)(H3,19,22,26). The molecule has 8 nitrogen and oxygen atoms in total. The van der Waals surface area contributed by atoms with E-state index in [0.29, 0.717) is 25.9 Å². The molecule has 0 aromatic heterocycles. The van der Waals surface area contributed by atoms with Gasteiger partial charge in [0.05, 0.1) is 6.04 Å². The van der Waals surface area contributed by atoms with Crippen molar-refractivity contribution >= 4 is 17.8 Å². The Hall–Kier alpha value is -1.83. The highest BCUT2D eigenvalue weighted by Crippen LogP contribution is 2.17. The van der Waals surface area contributed by atoms with Crippen LogP contribution in [0, 0.1) is 11.3 Å². The Morgan fingerprint density at radius 3 is 2.08 bits per heavy atom. The maximum atomic E-state index is 12.5. The summed E-state index contributed by atoms with van der Waals surface area (Å²) in [7, 11) is 1.72. The Morgan fingerprint density at radius 1 is 1.00 bits per heavy atom. The van der Waals surface area contributed by atoms with Gasteiger partial charge in [0.1, 0.15) is 6.04 Å². The molecule has 0 aliphatic carbocycles. The van der Waals surface area contributed by atoms with Crippen LogP contribution in [0.3, 0.4) is 0 Å². The van der Waals surface area contributed by atoms with E-state index >= 15 is 0 Å². The van der Waals surface area contributed by atoms with Crippen LogP contribution in [-0.2, 0) is 9.59 Å². The van der Waals surface area contributed by atoms with Crippen molar-refractivity contribution in [2.45, 2.75) is 66.0 Å². The SMILES string of the molecule is CNC(C(=O)NC(CCCNC(N)=O)C(=O)NCCC(C)(C)C)C(C)C. The van der Waals surface area contributed by atoms with E-state index in [1.54, 1.807) is 7.05 Å². The number of amides is 4. The van der Waals surface area contributed by atoms with Crippen molar-refractivity contribution in [3.63, 3.8) is 0 Å². The molecule has 0 saturated carbocycles. The molecule has 0 bridgehead atoms. The third kappa shape index (κ3) is 10.9. The Kier molecular flexibility index (Phi) is 10.9. The maximum absolute atomic E-state index is 12.5. The van der Waals surface area contributed by atoms with Crippen LogP contribution in [0.4, 0.5) is 4.79 Å². The summed E-state index contributed by atoms with van der Waals surface area (Å²) in [5, 5.41) is 11.2. The minimum absolute atomic E-state index is 0.0983. The van der Waals surface area contributed by atoms with Crippen molar-refractivity contribution in [1.82, 2.24) is 21.3 Å². The van der Waals surface area contributed by atoms with Gasteiger partial charge in [-0.05, 0) is 37.6 Å². The van der Waals surface area contributed by atoms with E-state index in [0.717, 1.165) is 6.42 Å². The first-order chi connectivity index (χ1) is 12.0. The lowest BCUT2D eigenvalue weighted by Crippen LogP contribution is -2.54. The number of rotatable bonds is 11. The van der Waals surface area contributed by atoms with Crippen LogP contribution < -0.4 is 27.0 Å². The lowest BCUT2D eigenvalue weighted by atomic mass is 9.92. The zero-order valence-corrected chi connectivity index (χ0v) is 17.1. The molecular formula is C18H37N5O3. The summed E-state index contributed by atoms with van der Waals surface area (Å²) in [5.74, 6) is -0.317. The van der Waals surface area contributed by atoms with Gasteiger partial charge < -0.3 is 27.0 Å². The van der Waals surface area contributed by atoms with Crippen LogP contribution in [0.5, 0.6) is 0 Å². The maximum Gasteiger partial charge on any atom is 0.312 e. The minimum atomic E-state index is -0.647. The van der Waals surface area contributed by atoms with E-state index in [9.17, 15) is 14.4 Å². The third-order valence-electron chi connectivity index (χ3n) is 4.04. The van der Waals surface area contributed by atoms with Crippen LogP contribution in [-0.4, -0.2) is 50.1 Å². The Bertz CT molecular complexity index is 460. The van der Waals surface area contributed by atoms with Crippen LogP contribution in [0.2, 0.25) is 0 Å². The monoisotopic (exact) mass is 371 g/mol. The number of nitrogens with two attached hydrogens (primary N) is 1. The molecule has 8 heteroatoms. The molecule has 2 unspecified atom stereocenters. The molecule has 0 spiro atoms. The second kappa shape index (κ2) is 11.7. The van der Waals surface area contributed by atoms with Crippen molar-refractivity contribution in [2.75, 3.05) is 20.1 Å². The molecule has 0 aliphatic rings. The summed E-state index contributed by atoms with van der Waals surface area (Å²) in [4.78, 5) is 35.7. The van der Waals surface area contributed by atoms with Gasteiger partial charge in [0, 0.05) is 13.1 Å². The first kappa shape index (κ1) is 24.2. The first-order valence-electron chi connectivity index (χ1n) is 9.26. The quantitative estimate of drug-likeness (QED) is 0.343. The number of carbonyl (C=O) groups excluding carboxylic acids is 3. The minimum Gasteiger partial charge on any atom is -0.354 e. The van der Waals surface area contributed by atoms with Gasteiger partial charge in [-0.1, -0.05) is 34.6 Å². The molecule has 0 aliphatic heterocycles. The van der Waals surface area contributed by atoms with Gasteiger partial charge in [0.15, 0.2) is 0 Å². The lowest BCUT2D eigenvalue weighted by Gasteiger charge is -2.25. The van der Waals surface area contributed by atoms with Crippen molar-refractivity contribution in [3.8, 4) is 0 Å². The summed E-state index contributed by atoms with van der Waals surface area (Å²) in [6.45, 7) is 11.1. The summed E-state index contributed by atoms with van der Waals surface area (Å²) < 4.78 is 0. The first-order valence-corrected chi connectivity index (χ1v) is 9.26. The van der Waals surface area contributed by atoms with Gasteiger partial charge in [0.2, 0.25) is 11.8 Å². The molecule has 0 heterocycles. The van der Waals surface area contributed by atoms with Crippen molar-refractivity contribution in [1.29, 1.82) is 0 Å². The van der Waals surface area contributed by atoms with E-state index in [-0.39, 0.29) is 29.2 Å². The molecular weight excluding hydrogens is 334 g/mol. The Morgan fingerprint density at radius 2 is 1.62 bits per heavy atom. The smallest absolute Gasteiger partial charge is 0.312 e. The predicted molar refractivity (Wildman–Crippen MR) is 104 cm³/mol. The van der Waals surface area contributed by atoms with E-state index in [4.69, 9.17) is 5.73 Å². The molecule has 0 aromatic carbocycles. The van der Waals surface area contributed by atoms with E-state index in [2.05, 4.69) is 42.0 Å². The normalized spacial score (nSPS) is 13.8. The molecule has 0 saturated heterocycles. The molecule has 26 heavy (non-hydrogen) atoms. The molecule has 152 valence electrons. The Balaban J connectivity index is 4.78. The van der Waals surface area contributed by atoms with Gasteiger partial charge in [-0.2, -0.15) is 0 Å². The van der Waals surface area contributed by atoms with Crippen LogP contribution >= 0.6 is 0 Å². The molecule has 0 rings (SSSR count). The van der Waals surface area contributed by atoms with E-state index in [1.807, 2.05) is 13.8 Å². The average Bonchev–Trinajstić information content (AvgIpc) is 2.48. The third-order valence-corrected chi connectivity index (χ3v) is 4.04. The van der Waals surface area contributed by atoms with Gasteiger partial charge in [-0.3, -0.25) is 9.59 Å². The number of hydrogen-bond acceptors (Lipinski definition) is 4. The molecule has 0 fully saturated rings. The van der Waals surface area contributed by atoms with Gasteiger partial charge in [0.25, 0.3) is 0 Å². The highest BCUT2D eigenvalue weighted by molar-refractivity contribution is 5.89. The average molecular weight is 372 g/mol. The van der Waals surface area contributed by atoms with Crippen LogP contribution in [0.25, 0.3) is 0 Å². The van der Waals surface area contributed by atoms with Crippen molar-refractivity contribution in [3.05, 3.63) is 0 Å². The highest BCUT2D eigenvalue weighted by atomic mass is 16.2. The molecule has 4 amide bonds. The van der Waals surface area contributed by atoms with Crippen molar-refractivity contribution in [2.24, 2.45) is 17.1 Å². The second-order valence-electron chi connectivity index (χ2n) is 8.11. The molecule has 6 N–H and O–H groups in total. The predicted octanol–water partition coefficient (Wildman–Crippen LogP) is 0.716. The number of primary amides is 1. The zero-order chi connectivity index (χ0) is 20.3. The fourth-order valence-electron chi connectivity index (χ4n) is 2.50. The molecule has 0 aromatic rings. The van der Waals surface area contributed by atoms with Gasteiger partial charge in [-0.25, -0.2) is 4.79 Å². The largest absolute Gasteiger partial charge is 0.354 e. The Labute approximate surface area is 157 Å². The van der Waals surface area contributed by atoms with Gasteiger partial charge in [-0.15, -0.1) is 0 Å². The zero-order valence-electron chi connectivity index (χ0n) is 17.1. The molecule has 0 radical (unpaired) electrons. The lowest BCUT2D eigenvalue weighted by molar-refractivity contribution is -0.130. The molecule has 2 atom stereocenters. The van der Waals surface area contributed by atoms with Crippen LogP contribution in [0.15, 0.2) is 0 Å². The summed E-state index contributed by atoms with van der Waals surface area (Å²) in [6.07, 6.45) is 1.79. The summed E-state index contributed by atoms with van der Waals surface area (Å²) >= 11 is 0. The van der Waals surface area contributed by atoms with E-state index in [1.165, 1.54) is 0 Å². The number of likely N-dealkylation sites (N-methyl/N-ethyl adjacent to an activating group) is 1. The highest BCUT2D eigenvalue weighted by Gasteiger charge is 2.26. The number of carbonyl (C=O) groups is 3. The van der Waals surface area contributed by atoms with Crippen LogP contribution in [0.1, 0.15) is 53.9 Å². The van der Waals surface area contributed by atoms with Crippen molar-refractivity contribution < 1.29 is 14.4 Å². The number of hydrogen-bond donors (Lipinski definition) is 5. The number of nitrogens with one attached hydrogen (secondary N) is 4. The summed E-state index contributed by atoms with van der Waals surface area (Å²) in [6, 6.07) is -1.62.